The molecule has 6 heteroatoms. The van der Waals surface area contributed by atoms with Gasteiger partial charge in [-0.1, -0.05) is 0 Å². The van der Waals surface area contributed by atoms with Gasteiger partial charge in [0.25, 0.3) is 5.91 Å². The van der Waals surface area contributed by atoms with Gasteiger partial charge in [-0.05, 0) is 45.7 Å². The van der Waals surface area contributed by atoms with Crippen molar-refractivity contribution in [1.82, 2.24) is 20.1 Å². The van der Waals surface area contributed by atoms with Gasteiger partial charge in [-0.3, -0.25) is 14.5 Å². The molecule has 3 rings (SSSR count). The van der Waals surface area contributed by atoms with Crippen LogP contribution in [-0.2, 0) is 6.54 Å². The third-order valence-corrected chi connectivity index (χ3v) is 4.64. The molecule has 0 aromatic carbocycles. The monoisotopic (exact) mass is 328 g/mol. The van der Waals surface area contributed by atoms with Crippen LogP contribution in [0.2, 0.25) is 0 Å². The Morgan fingerprint density at radius 3 is 2.62 bits per heavy atom. The Kier molecular flexibility index (Phi) is 4.30. The van der Waals surface area contributed by atoms with Crippen molar-refractivity contribution >= 4 is 5.91 Å². The number of nitrogens with one attached hydrogen (secondary N) is 1. The fraction of sp³-hybridized carbons (Fsp3) is 0.500. The lowest BCUT2D eigenvalue weighted by molar-refractivity contribution is 0.0939. The molecule has 1 fully saturated rings. The van der Waals surface area contributed by atoms with E-state index in [0.717, 1.165) is 36.5 Å². The molecular weight excluding hydrogens is 304 g/mol. The number of amides is 1. The Balaban J connectivity index is 1.66. The first-order chi connectivity index (χ1) is 11.4. The van der Waals surface area contributed by atoms with E-state index in [0.29, 0.717) is 17.9 Å². The number of ether oxygens (including phenoxy) is 1. The third-order valence-electron chi connectivity index (χ3n) is 4.64. The summed E-state index contributed by atoms with van der Waals surface area (Å²) in [6, 6.07) is 3.84. The summed E-state index contributed by atoms with van der Waals surface area (Å²) in [5, 5.41) is 7.60. The van der Waals surface area contributed by atoms with Gasteiger partial charge in [-0.25, -0.2) is 0 Å². The largest absolute Gasteiger partial charge is 0.494 e. The van der Waals surface area contributed by atoms with E-state index >= 15 is 0 Å². The number of aromatic nitrogens is 3. The molecule has 0 spiro atoms. The van der Waals surface area contributed by atoms with Crippen molar-refractivity contribution < 1.29 is 9.53 Å². The molecule has 2 aromatic heterocycles. The maximum absolute atomic E-state index is 12.5. The molecule has 0 aliphatic heterocycles. The predicted molar refractivity (Wildman–Crippen MR) is 91.2 cm³/mol. The van der Waals surface area contributed by atoms with E-state index in [9.17, 15) is 4.79 Å². The molecule has 0 atom stereocenters. The van der Waals surface area contributed by atoms with Gasteiger partial charge in [0.1, 0.15) is 5.75 Å². The molecule has 0 unspecified atom stereocenters. The lowest BCUT2D eigenvalue weighted by Gasteiger charge is -2.18. The highest BCUT2D eigenvalue weighted by Crippen LogP contribution is 2.46. The summed E-state index contributed by atoms with van der Waals surface area (Å²) in [4.78, 5) is 16.7. The second-order valence-electron chi connectivity index (χ2n) is 6.79. The smallest absolute Gasteiger partial charge is 0.255 e. The molecule has 2 heterocycles. The number of hydrogen-bond donors (Lipinski definition) is 1. The number of nitrogens with zero attached hydrogens (tertiary/aromatic N) is 3. The molecule has 0 radical (unpaired) electrons. The number of rotatable bonds is 6. The molecule has 1 aliphatic rings. The molecule has 1 saturated carbocycles. The number of carbonyl (C=O) groups excluding carboxylic acids is 1. The van der Waals surface area contributed by atoms with Gasteiger partial charge in [-0.15, -0.1) is 0 Å². The van der Waals surface area contributed by atoms with Gasteiger partial charge >= 0.3 is 0 Å². The van der Waals surface area contributed by atoms with Gasteiger partial charge in [0.15, 0.2) is 0 Å². The number of methoxy groups -OCH3 is 1. The number of aryl methyl sites for hydroxylation is 3. The molecule has 2 aromatic rings. The van der Waals surface area contributed by atoms with Gasteiger partial charge in [0.05, 0.1) is 24.6 Å². The van der Waals surface area contributed by atoms with Crippen LogP contribution in [0.25, 0.3) is 0 Å². The fourth-order valence-corrected chi connectivity index (χ4v) is 2.97. The van der Waals surface area contributed by atoms with Crippen LogP contribution in [0.1, 0.15) is 40.3 Å². The van der Waals surface area contributed by atoms with Gasteiger partial charge < -0.3 is 10.1 Å². The third kappa shape index (κ3) is 3.42. The van der Waals surface area contributed by atoms with E-state index in [4.69, 9.17) is 4.74 Å². The number of hydrogen-bond acceptors (Lipinski definition) is 4. The van der Waals surface area contributed by atoms with Crippen molar-refractivity contribution in [2.75, 3.05) is 13.7 Å². The second-order valence-corrected chi connectivity index (χ2v) is 6.79. The molecule has 1 N–H and O–H groups in total. The van der Waals surface area contributed by atoms with E-state index in [1.165, 1.54) is 0 Å². The topological polar surface area (TPSA) is 69.0 Å². The van der Waals surface area contributed by atoms with E-state index in [1.54, 1.807) is 19.4 Å². The summed E-state index contributed by atoms with van der Waals surface area (Å²) in [6.45, 7) is 7.43. The van der Waals surface area contributed by atoms with Crippen molar-refractivity contribution in [2.45, 2.75) is 40.2 Å². The Hall–Kier alpha value is -2.37. The van der Waals surface area contributed by atoms with Crippen LogP contribution in [-0.4, -0.2) is 34.3 Å². The minimum absolute atomic E-state index is 0.114. The normalized spacial score (nSPS) is 15.2. The van der Waals surface area contributed by atoms with E-state index in [-0.39, 0.29) is 11.3 Å². The summed E-state index contributed by atoms with van der Waals surface area (Å²) >= 11 is 0. The minimum Gasteiger partial charge on any atom is -0.494 e. The highest BCUT2D eigenvalue weighted by Gasteiger charge is 2.43. The summed E-state index contributed by atoms with van der Waals surface area (Å²) in [7, 11) is 1.55. The van der Waals surface area contributed by atoms with Gasteiger partial charge in [-0.2, -0.15) is 5.10 Å². The Bertz CT molecular complexity index is 762. The van der Waals surface area contributed by atoms with Crippen LogP contribution in [0, 0.1) is 26.2 Å². The van der Waals surface area contributed by atoms with Crippen LogP contribution >= 0.6 is 0 Å². The predicted octanol–water partition coefficient (Wildman–Crippen LogP) is 2.42. The Morgan fingerprint density at radius 1 is 1.29 bits per heavy atom. The van der Waals surface area contributed by atoms with Gasteiger partial charge in [0.2, 0.25) is 0 Å². The highest BCUT2D eigenvalue weighted by molar-refractivity contribution is 5.96. The van der Waals surface area contributed by atoms with Crippen LogP contribution < -0.4 is 10.1 Å². The summed E-state index contributed by atoms with van der Waals surface area (Å²) < 4.78 is 7.29. The Labute approximate surface area is 142 Å². The van der Waals surface area contributed by atoms with Gasteiger partial charge in [0, 0.05) is 29.9 Å². The van der Waals surface area contributed by atoms with Crippen LogP contribution in [0.5, 0.6) is 5.75 Å². The lowest BCUT2D eigenvalue weighted by atomic mass is 10.1. The van der Waals surface area contributed by atoms with E-state index in [2.05, 4.69) is 28.4 Å². The quantitative estimate of drug-likeness (QED) is 0.884. The van der Waals surface area contributed by atoms with Crippen molar-refractivity contribution in [2.24, 2.45) is 5.41 Å². The first kappa shape index (κ1) is 16.5. The van der Waals surface area contributed by atoms with Crippen molar-refractivity contribution in [1.29, 1.82) is 0 Å². The van der Waals surface area contributed by atoms with Crippen LogP contribution in [0.3, 0.4) is 0 Å². The zero-order valence-corrected chi connectivity index (χ0v) is 14.7. The van der Waals surface area contributed by atoms with Crippen molar-refractivity contribution in [3.05, 3.63) is 41.0 Å². The molecule has 0 bridgehead atoms. The fourth-order valence-electron chi connectivity index (χ4n) is 2.97. The summed E-state index contributed by atoms with van der Waals surface area (Å²) in [6.07, 6.45) is 3.81. The molecule has 128 valence electrons. The van der Waals surface area contributed by atoms with E-state index in [1.807, 2.05) is 18.5 Å². The zero-order valence-electron chi connectivity index (χ0n) is 14.7. The van der Waals surface area contributed by atoms with Crippen LogP contribution in [0.4, 0.5) is 0 Å². The highest BCUT2D eigenvalue weighted by atomic mass is 16.5. The molecule has 24 heavy (non-hydrogen) atoms. The minimum atomic E-state index is -0.114. The van der Waals surface area contributed by atoms with E-state index < -0.39 is 0 Å². The van der Waals surface area contributed by atoms with Crippen LogP contribution in [0.15, 0.2) is 18.3 Å². The lowest BCUT2D eigenvalue weighted by Crippen LogP contribution is -2.33. The molecule has 1 amide bonds. The molecule has 1 aliphatic carbocycles. The molecule has 6 nitrogen and oxygen atoms in total. The maximum atomic E-state index is 12.5. The first-order valence-electron chi connectivity index (χ1n) is 8.22. The SMILES string of the molecule is COc1cnc(C)cc1C(=O)NCC1(Cn2nc(C)cc2C)CC1. The maximum Gasteiger partial charge on any atom is 0.255 e. The summed E-state index contributed by atoms with van der Waals surface area (Å²) in [5.41, 5.74) is 3.64. The molecule has 0 saturated heterocycles. The van der Waals surface area contributed by atoms with Crippen molar-refractivity contribution in [3.8, 4) is 5.75 Å². The second kappa shape index (κ2) is 6.26. The standard InChI is InChI=1S/C18H24N4O2/c1-12-8-15(16(24-4)9-19-12)17(23)20-10-18(5-6-18)11-22-14(3)7-13(2)21-22/h7-9H,5-6,10-11H2,1-4H3,(H,20,23). The number of carbonyl (C=O) groups is 1. The first-order valence-corrected chi connectivity index (χ1v) is 8.22. The number of pyridine rings is 1. The average molecular weight is 328 g/mol. The zero-order chi connectivity index (χ0) is 17.3. The Morgan fingerprint density at radius 2 is 2.04 bits per heavy atom. The summed E-state index contributed by atoms with van der Waals surface area (Å²) in [5.74, 6) is 0.387. The van der Waals surface area contributed by atoms with Crippen molar-refractivity contribution in [3.63, 3.8) is 0 Å². The molecular formula is C18H24N4O2. The average Bonchev–Trinajstić information content (AvgIpc) is 3.24.